The van der Waals surface area contributed by atoms with Gasteiger partial charge < -0.3 is 5.73 Å². The Hall–Kier alpha value is -0.0400. The van der Waals surface area contributed by atoms with E-state index >= 15 is 0 Å². The van der Waals surface area contributed by atoms with Crippen LogP contribution in [0.4, 0.5) is 0 Å². The predicted octanol–water partition coefficient (Wildman–Crippen LogP) is 2.41. The second-order valence-electron chi connectivity index (χ2n) is 4.35. The van der Waals surface area contributed by atoms with Crippen molar-refractivity contribution in [3.63, 3.8) is 0 Å². The molecular weight excluding hydrogens is 122 g/mol. The van der Waals surface area contributed by atoms with E-state index in [-0.39, 0.29) is 5.54 Å². The van der Waals surface area contributed by atoms with Crippen LogP contribution in [-0.2, 0) is 0 Å². The highest BCUT2D eigenvalue weighted by atomic mass is 14.7. The Labute approximate surface area is 65.0 Å². The third-order valence-corrected chi connectivity index (χ3v) is 2.10. The fourth-order valence-corrected chi connectivity index (χ4v) is 1.01. The summed E-state index contributed by atoms with van der Waals surface area (Å²) in [5, 5.41) is 0. The average molecular weight is 143 g/mol. The van der Waals surface area contributed by atoms with Gasteiger partial charge in [-0.25, -0.2) is 0 Å². The lowest BCUT2D eigenvalue weighted by Crippen LogP contribution is -2.39. The van der Waals surface area contributed by atoms with Crippen molar-refractivity contribution >= 4 is 0 Å². The maximum atomic E-state index is 5.93. The summed E-state index contributed by atoms with van der Waals surface area (Å²) in [6.07, 6.45) is 1.23. The van der Waals surface area contributed by atoms with E-state index in [0.29, 0.717) is 5.92 Å². The van der Waals surface area contributed by atoms with Crippen molar-refractivity contribution in [2.45, 2.75) is 46.6 Å². The molecule has 0 amide bonds. The number of nitrogens with two attached hydrogens (primary N) is 1. The van der Waals surface area contributed by atoms with Crippen LogP contribution in [0.1, 0.15) is 41.0 Å². The van der Waals surface area contributed by atoms with E-state index in [1.165, 1.54) is 6.42 Å². The van der Waals surface area contributed by atoms with Gasteiger partial charge in [0.15, 0.2) is 0 Å². The van der Waals surface area contributed by atoms with Gasteiger partial charge in [-0.15, -0.1) is 0 Å². The van der Waals surface area contributed by atoms with Crippen LogP contribution in [0.3, 0.4) is 0 Å². The zero-order valence-corrected chi connectivity index (χ0v) is 7.94. The first-order valence-electron chi connectivity index (χ1n) is 4.13. The van der Waals surface area contributed by atoms with Crippen molar-refractivity contribution < 1.29 is 0 Å². The molecule has 0 aliphatic carbocycles. The molecule has 0 saturated heterocycles. The Morgan fingerprint density at radius 1 is 1.20 bits per heavy atom. The smallest absolute Gasteiger partial charge is 0.0123 e. The molecule has 0 aromatic carbocycles. The maximum Gasteiger partial charge on any atom is 0.0123 e. The van der Waals surface area contributed by atoms with Gasteiger partial charge >= 0.3 is 0 Å². The van der Waals surface area contributed by atoms with Crippen LogP contribution in [0.2, 0.25) is 0 Å². The fraction of sp³-hybridized carbons (Fsp3) is 1.00. The van der Waals surface area contributed by atoms with E-state index in [2.05, 4.69) is 34.6 Å². The van der Waals surface area contributed by atoms with E-state index in [1.54, 1.807) is 0 Å². The standard InChI is InChI=1S/C9H21N/c1-7(2)6-8(3)9(4,5)10/h7-8H,6,10H2,1-5H3/t8-/m0/s1. The number of hydrogen-bond acceptors (Lipinski definition) is 1. The van der Waals surface area contributed by atoms with Crippen LogP contribution in [-0.4, -0.2) is 5.54 Å². The minimum absolute atomic E-state index is 0.00965. The van der Waals surface area contributed by atoms with Crippen molar-refractivity contribution in [1.82, 2.24) is 0 Å². The zero-order valence-electron chi connectivity index (χ0n) is 7.94. The van der Waals surface area contributed by atoms with Gasteiger partial charge in [0.2, 0.25) is 0 Å². The molecule has 0 saturated carbocycles. The summed E-state index contributed by atoms with van der Waals surface area (Å²) in [5.41, 5.74) is 5.92. The SMILES string of the molecule is CC(C)C[C@H](C)C(C)(C)N. The van der Waals surface area contributed by atoms with Crippen molar-refractivity contribution in [3.8, 4) is 0 Å². The molecule has 0 unspecified atom stereocenters. The molecule has 0 bridgehead atoms. The van der Waals surface area contributed by atoms with E-state index in [1.807, 2.05) is 0 Å². The molecule has 0 radical (unpaired) electrons. The highest BCUT2D eigenvalue weighted by Crippen LogP contribution is 2.20. The third-order valence-electron chi connectivity index (χ3n) is 2.10. The van der Waals surface area contributed by atoms with E-state index in [4.69, 9.17) is 5.73 Å². The number of rotatable bonds is 3. The topological polar surface area (TPSA) is 26.0 Å². The summed E-state index contributed by atoms with van der Waals surface area (Å²) in [7, 11) is 0. The minimum atomic E-state index is -0.00965. The highest BCUT2D eigenvalue weighted by molar-refractivity contribution is 4.79. The lowest BCUT2D eigenvalue weighted by molar-refractivity contribution is 0.294. The monoisotopic (exact) mass is 143 g/mol. The average Bonchev–Trinajstić information content (AvgIpc) is 1.60. The minimum Gasteiger partial charge on any atom is -0.325 e. The molecule has 10 heavy (non-hydrogen) atoms. The van der Waals surface area contributed by atoms with Crippen molar-refractivity contribution in [2.24, 2.45) is 17.6 Å². The Morgan fingerprint density at radius 3 is 1.70 bits per heavy atom. The van der Waals surface area contributed by atoms with Gasteiger partial charge in [0.05, 0.1) is 0 Å². The Morgan fingerprint density at radius 2 is 1.60 bits per heavy atom. The molecule has 0 rings (SSSR count). The van der Waals surface area contributed by atoms with Crippen molar-refractivity contribution in [1.29, 1.82) is 0 Å². The summed E-state index contributed by atoms with van der Waals surface area (Å²) in [6, 6.07) is 0. The molecule has 1 nitrogen and oxygen atoms in total. The maximum absolute atomic E-state index is 5.93. The van der Waals surface area contributed by atoms with Crippen LogP contribution in [0, 0.1) is 11.8 Å². The van der Waals surface area contributed by atoms with Crippen LogP contribution in [0.25, 0.3) is 0 Å². The largest absolute Gasteiger partial charge is 0.325 e. The van der Waals surface area contributed by atoms with Gasteiger partial charge in [0.25, 0.3) is 0 Å². The lowest BCUT2D eigenvalue weighted by atomic mass is 9.84. The summed E-state index contributed by atoms with van der Waals surface area (Å²) in [4.78, 5) is 0. The molecule has 1 heteroatoms. The first kappa shape index (κ1) is 9.96. The molecule has 0 fully saturated rings. The Bertz CT molecular complexity index is 89.4. The second-order valence-corrected chi connectivity index (χ2v) is 4.35. The van der Waals surface area contributed by atoms with Gasteiger partial charge in [-0.05, 0) is 32.1 Å². The first-order chi connectivity index (χ1) is 4.34. The van der Waals surface area contributed by atoms with Crippen LogP contribution in [0.15, 0.2) is 0 Å². The summed E-state index contributed by atoms with van der Waals surface area (Å²) in [6.45, 7) is 10.9. The van der Waals surface area contributed by atoms with Gasteiger partial charge in [-0.3, -0.25) is 0 Å². The van der Waals surface area contributed by atoms with Crippen molar-refractivity contribution in [3.05, 3.63) is 0 Å². The van der Waals surface area contributed by atoms with Crippen LogP contribution < -0.4 is 5.73 Å². The third kappa shape index (κ3) is 3.89. The molecule has 0 aliphatic rings. The van der Waals surface area contributed by atoms with Gasteiger partial charge in [-0.2, -0.15) is 0 Å². The van der Waals surface area contributed by atoms with Gasteiger partial charge in [-0.1, -0.05) is 20.8 Å². The second kappa shape index (κ2) is 3.38. The molecule has 0 spiro atoms. The Balaban J connectivity index is 3.73. The lowest BCUT2D eigenvalue weighted by Gasteiger charge is -2.28. The molecular formula is C9H21N. The Kier molecular flexibility index (Phi) is 3.37. The molecule has 2 N–H and O–H groups in total. The fourth-order valence-electron chi connectivity index (χ4n) is 1.01. The normalized spacial score (nSPS) is 15.9. The summed E-state index contributed by atoms with van der Waals surface area (Å²) < 4.78 is 0. The predicted molar refractivity (Wildman–Crippen MR) is 46.9 cm³/mol. The van der Waals surface area contributed by atoms with E-state index in [0.717, 1.165) is 5.92 Å². The zero-order chi connectivity index (χ0) is 8.36. The molecule has 0 heterocycles. The van der Waals surface area contributed by atoms with E-state index in [9.17, 15) is 0 Å². The molecule has 1 atom stereocenters. The molecule has 62 valence electrons. The van der Waals surface area contributed by atoms with E-state index < -0.39 is 0 Å². The summed E-state index contributed by atoms with van der Waals surface area (Å²) in [5.74, 6) is 1.38. The van der Waals surface area contributed by atoms with Crippen LogP contribution in [0.5, 0.6) is 0 Å². The molecule has 0 aromatic heterocycles. The van der Waals surface area contributed by atoms with Gasteiger partial charge in [0, 0.05) is 5.54 Å². The van der Waals surface area contributed by atoms with Crippen LogP contribution >= 0.6 is 0 Å². The van der Waals surface area contributed by atoms with Gasteiger partial charge in [0.1, 0.15) is 0 Å². The van der Waals surface area contributed by atoms with Crippen molar-refractivity contribution in [2.75, 3.05) is 0 Å². The molecule has 0 aliphatic heterocycles. The molecule has 0 aromatic rings. The highest BCUT2D eigenvalue weighted by Gasteiger charge is 2.20. The summed E-state index contributed by atoms with van der Waals surface area (Å²) >= 11 is 0. The number of hydrogen-bond donors (Lipinski definition) is 1. The quantitative estimate of drug-likeness (QED) is 0.645. The first-order valence-corrected chi connectivity index (χ1v) is 4.13.